The van der Waals surface area contributed by atoms with Crippen LogP contribution in [0, 0.1) is 6.92 Å². The molecule has 0 spiro atoms. The van der Waals surface area contributed by atoms with Gasteiger partial charge in [-0.15, -0.1) is 0 Å². The molecule has 1 heterocycles. The summed E-state index contributed by atoms with van der Waals surface area (Å²) in [4.78, 5) is 24.6. The lowest BCUT2D eigenvalue weighted by Gasteiger charge is -2.29. The highest BCUT2D eigenvalue weighted by atomic mass is 16.5. The quantitative estimate of drug-likeness (QED) is 0.664. The Bertz CT molecular complexity index is 901. The third-order valence-corrected chi connectivity index (χ3v) is 4.81. The van der Waals surface area contributed by atoms with Gasteiger partial charge in [-0.05, 0) is 49.6 Å². The summed E-state index contributed by atoms with van der Waals surface area (Å²) in [5.74, 6) is 0.969. The molecule has 2 aromatic carbocycles. The van der Waals surface area contributed by atoms with Crippen molar-refractivity contribution >= 4 is 12.0 Å². The van der Waals surface area contributed by atoms with Gasteiger partial charge in [0.2, 0.25) is 0 Å². The standard InChI is InChI=1S/C23H26N2O4/c1-4-5-6-19-20(22(26)28-3)21(25-23(27)24-19)16-9-13-18(14-10-16)29-17-11-7-15(2)8-12-17/h7-14,21H,4-6H2,1-3H3,(H2,24,25,27). The van der Waals surface area contributed by atoms with Crippen LogP contribution in [0.15, 0.2) is 59.8 Å². The first-order valence-corrected chi connectivity index (χ1v) is 9.75. The molecule has 0 bridgehead atoms. The van der Waals surface area contributed by atoms with Crippen molar-refractivity contribution in [2.24, 2.45) is 0 Å². The highest BCUT2D eigenvalue weighted by Crippen LogP contribution is 2.31. The van der Waals surface area contributed by atoms with Gasteiger partial charge in [-0.1, -0.05) is 43.2 Å². The van der Waals surface area contributed by atoms with Crippen LogP contribution in [-0.2, 0) is 9.53 Å². The van der Waals surface area contributed by atoms with E-state index in [9.17, 15) is 9.59 Å². The smallest absolute Gasteiger partial charge is 0.337 e. The van der Waals surface area contributed by atoms with Crippen LogP contribution >= 0.6 is 0 Å². The average Bonchev–Trinajstić information content (AvgIpc) is 2.73. The van der Waals surface area contributed by atoms with Gasteiger partial charge in [-0.25, -0.2) is 9.59 Å². The fourth-order valence-electron chi connectivity index (χ4n) is 3.24. The largest absolute Gasteiger partial charge is 0.466 e. The van der Waals surface area contributed by atoms with Gasteiger partial charge < -0.3 is 20.1 Å². The van der Waals surface area contributed by atoms with Crippen molar-refractivity contribution in [3.8, 4) is 11.5 Å². The van der Waals surface area contributed by atoms with Gasteiger partial charge in [0.1, 0.15) is 11.5 Å². The lowest BCUT2D eigenvalue weighted by Crippen LogP contribution is -2.45. The van der Waals surface area contributed by atoms with Crippen molar-refractivity contribution in [2.75, 3.05) is 7.11 Å². The average molecular weight is 394 g/mol. The molecule has 3 rings (SSSR count). The molecular formula is C23H26N2O4. The summed E-state index contributed by atoms with van der Waals surface area (Å²) in [5.41, 5.74) is 3.00. The predicted molar refractivity (Wildman–Crippen MR) is 111 cm³/mol. The molecule has 0 fully saturated rings. The molecule has 2 aromatic rings. The van der Waals surface area contributed by atoms with E-state index in [-0.39, 0.29) is 6.03 Å². The Hall–Kier alpha value is -3.28. The van der Waals surface area contributed by atoms with E-state index in [0.29, 0.717) is 23.4 Å². The van der Waals surface area contributed by atoms with Crippen LogP contribution in [0.2, 0.25) is 0 Å². The van der Waals surface area contributed by atoms with E-state index in [1.165, 1.54) is 7.11 Å². The zero-order valence-corrected chi connectivity index (χ0v) is 17.0. The molecule has 1 aliphatic rings. The molecule has 0 saturated heterocycles. The monoisotopic (exact) mass is 394 g/mol. The van der Waals surface area contributed by atoms with Gasteiger partial charge in [0.25, 0.3) is 0 Å². The Balaban J connectivity index is 1.87. The van der Waals surface area contributed by atoms with Crippen LogP contribution in [0.25, 0.3) is 0 Å². The second kappa shape index (κ2) is 9.28. The second-order valence-corrected chi connectivity index (χ2v) is 7.00. The molecule has 1 atom stereocenters. The van der Waals surface area contributed by atoms with Crippen LogP contribution in [0.5, 0.6) is 11.5 Å². The number of allylic oxidation sites excluding steroid dienone is 1. The lowest BCUT2D eigenvalue weighted by atomic mass is 9.93. The first-order chi connectivity index (χ1) is 14.0. The maximum atomic E-state index is 12.5. The molecule has 0 aliphatic carbocycles. The second-order valence-electron chi connectivity index (χ2n) is 7.00. The minimum absolute atomic E-state index is 0.325. The van der Waals surface area contributed by atoms with Crippen LogP contribution in [0.1, 0.15) is 43.4 Å². The zero-order chi connectivity index (χ0) is 20.8. The van der Waals surface area contributed by atoms with Gasteiger partial charge in [-0.2, -0.15) is 0 Å². The summed E-state index contributed by atoms with van der Waals surface area (Å²) in [6.07, 6.45) is 2.43. The Morgan fingerprint density at radius 2 is 1.66 bits per heavy atom. The van der Waals surface area contributed by atoms with Crippen molar-refractivity contribution in [2.45, 2.75) is 39.2 Å². The normalized spacial score (nSPS) is 16.1. The van der Waals surface area contributed by atoms with Crippen molar-refractivity contribution in [3.63, 3.8) is 0 Å². The maximum absolute atomic E-state index is 12.5. The van der Waals surface area contributed by atoms with Gasteiger partial charge in [0, 0.05) is 5.70 Å². The van der Waals surface area contributed by atoms with Gasteiger partial charge in [-0.3, -0.25) is 0 Å². The zero-order valence-electron chi connectivity index (χ0n) is 17.0. The van der Waals surface area contributed by atoms with E-state index in [2.05, 4.69) is 17.6 Å². The number of hydrogen-bond acceptors (Lipinski definition) is 4. The molecule has 29 heavy (non-hydrogen) atoms. The molecular weight excluding hydrogens is 368 g/mol. The number of hydrogen-bond donors (Lipinski definition) is 2. The molecule has 2 amide bonds. The Morgan fingerprint density at radius 1 is 1.03 bits per heavy atom. The highest BCUT2D eigenvalue weighted by molar-refractivity contribution is 5.95. The molecule has 6 nitrogen and oxygen atoms in total. The van der Waals surface area contributed by atoms with Crippen molar-refractivity contribution in [1.29, 1.82) is 0 Å². The molecule has 1 unspecified atom stereocenters. The molecule has 6 heteroatoms. The van der Waals surface area contributed by atoms with Crippen LogP contribution < -0.4 is 15.4 Å². The molecule has 152 valence electrons. The van der Waals surface area contributed by atoms with E-state index >= 15 is 0 Å². The van der Waals surface area contributed by atoms with Crippen LogP contribution in [-0.4, -0.2) is 19.1 Å². The molecule has 0 saturated carbocycles. The SMILES string of the molecule is CCCCC1=C(C(=O)OC)C(c2ccc(Oc3ccc(C)cc3)cc2)NC(=O)N1. The summed E-state index contributed by atoms with van der Waals surface area (Å²) in [6.45, 7) is 4.08. The number of urea groups is 1. The number of nitrogens with one attached hydrogen (secondary N) is 2. The minimum atomic E-state index is -0.573. The van der Waals surface area contributed by atoms with E-state index in [4.69, 9.17) is 9.47 Å². The highest BCUT2D eigenvalue weighted by Gasteiger charge is 2.33. The minimum Gasteiger partial charge on any atom is -0.466 e. The number of methoxy groups -OCH3 is 1. The number of amides is 2. The van der Waals surface area contributed by atoms with Gasteiger partial charge in [0.15, 0.2) is 0 Å². The molecule has 1 aliphatic heterocycles. The topological polar surface area (TPSA) is 76.7 Å². The number of unbranched alkanes of at least 4 members (excludes halogenated alkanes) is 1. The van der Waals surface area contributed by atoms with E-state index in [1.54, 1.807) is 0 Å². The van der Waals surface area contributed by atoms with E-state index in [1.807, 2.05) is 55.5 Å². The predicted octanol–water partition coefficient (Wildman–Crippen LogP) is 4.76. The van der Waals surface area contributed by atoms with Crippen molar-refractivity contribution in [1.82, 2.24) is 10.6 Å². The number of carbonyl (C=O) groups excluding carboxylic acids is 2. The number of benzene rings is 2. The van der Waals surface area contributed by atoms with E-state index in [0.717, 1.165) is 29.7 Å². The van der Waals surface area contributed by atoms with Crippen LogP contribution in [0.4, 0.5) is 4.79 Å². The summed E-state index contributed by atoms with van der Waals surface area (Å²) in [5, 5.41) is 5.60. The summed E-state index contributed by atoms with van der Waals surface area (Å²) in [6, 6.07) is 14.2. The maximum Gasteiger partial charge on any atom is 0.337 e. The third-order valence-electron chi connectivity index (χ3n) is 4.81. The van der Waals surface area contributed by atoms with Gasteiger partial charge >= 0.3 is 12.0 Å². The van der Waals surface area contributed by atoms with E-state index < -0.39 is 12.0 Å². The first-order valence-electron chi connectivity index (χ1n) is 9.75. The fraction of sp³-hybridized carbons (Fsp3) is 0.304. The van der Waals surface area contributed by atoms with Crippen LogP contribution in [0.3, 0.4) is 0 Å². The number of carbonyl (C=O) groups is 2. The fourth-order valence-corrected chi connectivity index (χ4v) is 3.24. The van der Waals surface area contributed by atoms with Crippen molar-refractivity contribution in [3.05, 3.63) is 70.9 Å². The summed E-state index contributed by atoms with van der Waals surface area (Å²) < 4.78 is 10.8. The number of aryl methyl sites for hydroxylation is 1. The van der Waals surface area contributed by atoms with Gasteiger partial charge in [0.05, 0.1) is 18.7 Å². The lowest BCUT2D eigenvalue weighted by molar-refractivity contribution is -0.136. The number of ether oxygens (including phenoxy) is 2. The van der Waals surface area contributed by atoms with Crippen molar-refractivity contribution < 1.29 is 19.1 Å². The molecule has 2 N–H and O–H groups in total. The number of esters is 1. The summed E-state index contributed by atoms with van der Waals surface area (Å²) >= 11 is 0. The first kappa shape index (κ1) is 20.5. The Morgan fingerprint density at radius 3 is 2.24 bits per heavy atom. The summed E-state index contributed by atoms with van der Waals surface area (Å²) in [7, 11) is 1.35. The third kappa shape index (κ3) is 4.96. The Kier molecular flexibility index (Phi) is 6.54. The molecule has 0 radical (unpaired) electrons. The number of rotatable bonds is 7. The Labute approximate surface area is 170 Å². The molecule has 0 aromatic heterocycles.